The molecular formula is C24H29N3. The highest BCUT2D eigenvalue weighted by atomic mass is 15.2. The maximum atomic E-state index is 4.27. The highest BCUT2D eigenvalue weighted by Crippen LogP contribution is 2.30. The van der Waals surface area contributed by atoms with E-state index in [0.29, 0.717) is 5.92 Å². The molecule has 1 unspecified atom stereocenters. The molecule has 1 heterocycles. The summed E-state index contributed by atoms with van der Waals surface area (Å²) >= 11 is 0. The molecule has 1 N–H and O–H groups in total. The third kappa shape index (κ3) is 4.54. The van der Waals surface area contributed by atoms with Crippen LogP contribution in [0.1, 0.15) is 60.9 Å². The fraction of sp³-hybridized carbons (Fsp3) is 0.333. The van der Waals surface area contributed by atoms with E-state index in [4.69, 9.17) is 0 Å². The molecule has 27 heavy (non-hydrogen) atoms. The first-order valence-corrected chi connectivity index (χ1v) is 9.73. The first-order chi connectivity index (χ1) is 13.0. The summed E-state index contributed by atoms with van der Waals surface area (Å²) in [5.41, 5.74) is 7.46. The highest BCUT2D eigenvalue weighted by molar-refractivity contribution is 5.80. The molecule has 0 amide bonds. The van der Waals surface area contributed by atoms with Gasteiger partial charge in [0.25, 0.3) is 0 Å². The number of allylic oxidation sites excluding steroid dienone is 1. The van der Waals surface area contributed by atoms with E-state index >= 15 is 0 Å². The minimum atomic E-state index is 0.428. The van der Waals surface area contributed by atoms with Crippen LogP contribution < -0.4 is 0 Å². The van der Waals surface area contributed by atoms with Gasteiger partial charge < -0.3 is 4.98 Å². The van der Waals surface area contributed by atoms with Crippen molar-refractivity contribution >= 4 is 5.57 Å². The Balaban J connectivity index is 1.74. The molecule has 0 aliphatic carbocycles. The van der Waals surface area contributed by atoms with Crippen LogP contribution in [0.4, 0.5) is 0 Å². The average Bonchev–Trinajstić information content (AvgIpc) is 3.08. The van der Waals surface area contributed by atoms with Crippen LogP contribution in [0.3, 0.4) is 0 Å². The molecular weight excluding hydrogens is 330 g/mol. The quantitative estimate of drug-likeness (QED) is 0.542. The average molecular weight is 360 g/mol. The van der Waals surface area contributed by atoms with Crippen molar-refractivity contribution in [3.05, 3.63) is 77.4 Å². The Bertz CT molecular complexity index is 919. The van der Waals surface area contributed by atoms with Crippen LogP contribution in [0, 0.1) is 13.8 Å². The normalized spacial score (nSPS) is 12.1. The Kier molecular flexibility index (Phi) is 5.90. The van der Waals surface area contributed by atoms with Crippen LogP contribution in [0.5, 0.6) is 0 Å². The molecule has 3 rings (SSSR count). The first kappa shape index (κ1) is 19.1. The summed E-state index contributed by atoms with van der Waals surface area (Å²) in [4.78, 5) is 3.29. The molecule has 0 bridgehead atoms. The van der Waals surface area contributed by atoms with Crippen molar-refractivity contribution in [3.8, 4) is 11.1 Å². The van der Waals surface area contributed by atoms with Gasteiger partial charge >= 0.3 is 0 Å². The van der Waals surface area contributed by atoms with E-state index in [9.17, 15) is 0 Å². The molecule has 1 atom stereocenters. The third-order valence-electron chi connectivity index (χ3n) is 5.18. The predicted octanol–water partition coefficient (Wildman–Crippen LogP) is 6.25. The summed E-state index contributed by atoms with van der Waals surface area (Å²) in [6.07, 6.45) is 3.18. The maximum absolute atomic E-state index is 4.27. The lowest BCUT2D eigenvalue weighted by atomic mass is 9.92. The van der Waals surface area contributed by atoms with Crippen molar-refractivity contribution in [1.82, 2.24) is 15.2 Å². The van der Waals surface area contributed by atoms with Gasteiger partial charge in [0, 0.05) is 5.92 Å². The molecule has 0 saturated carbocycles. The van der Waals surface area contributed by atoms with Gasteiger partial charge in [-0.05, 0) is 62.3 Å². The largest absolute Gasteiger partial charge is 0.329 e. The summed E-state index contributed by atoms with van der Waals surface area (Å²) in [5, 5.41) is 8.38. The molecule has 0 aliphatic heterocycles. The molecule has 0 fully saturated rings. The van der Waals surface area contributed by atoms with Crippen molar-refractivity contribution in [2.45, 2.75) is 52.9 Å². The van der Waals surface area contributed by atoms with Crippen LogP contribution in [0.15, 0.2) is 49.0 Å². The standard InChI is InChI=1S/C24H29N3/c1-6-20(24-25-18(5)26-27-24)11-8-19-9-12-21(13-10-19)23-15-17(4)7-14-22(23)16(2)3/h7,9-10,12-15,20H,2,6,8,11H2,1,3-5H3,(H,25,26,27). The van der Waals surface area contributed by atoms with Crippen LogP contribution >= 0.6 is 0 Å². The zero-order valence-electron chi connectivity index (χ0n) is 16.8. The number of hydrogen-bond acceptors (Lipinski definition) is 2. The van der Waals surface area contributed by atoms with Gasteiger partial charge in [0.2, 0.25) is 0 Å². The first-order valence-electron chi connectivity index (χ1n) is 9.73. The smallest absolute Gasteiger partial charge is 0.133 e. The van der Waals surface area contributed by atoms with E-state index < -0.39 is 0 Å². The molecule has 140 valence electrons. The maximum Gasteiger partial charge on any atom is 0.133 e. The molecule has 3 nitrogen and oxygen atoms in total. The molecule has 2 aromatic carbocycles. The number of hydrogen-bond donors (Lipinski definition) is 1. The lowest BCUT2D eigenvalue weighted by Crippen LogP contribution is -2.02. The Labute approximate surface area is 162 Å². The zero-order valence-corrected chi connectivity index (χ0v) is 16.8. The SMILES string of the molecule is C=C(C)c1ccc(C)cc1-c1ccc(CCC(CC)c2nnc(C)[nH]2)cc1. The Hall–Kier alpha value is -2.68. The molecule has 1 aromatic heterocycles. The molecule has 0 aliphatic rings. The number of nitrogens with one attached hydrogen (secondary N) is 1. The fourth-order valence-electron chi connectivity index (χ4n) is 3.54. The molecule has 0 spiro atoms. The van der Waals surface area contributed by atoms with E-state index in [1.54, 1.807) is 0 Å². The van der Waals surface area contributed by atoms with Gasteiger partial charge in [-0.25, -0.2) is 0 Å². The molecule has 0 saturated heterocycles. The molecule has 3 aromatic rings. The lowest BCUT2D eigenvalue weighted by Gasteiger charge is -2.13. The van der Waals surface area contributed by atoms with Crippen LogP contribution in [-0.2, 0) is 6.42 Å². The second-order valence-corrected chi connectivity index (χ2v) is 7.47. The van der Waals surface area contributed by atoms with E-state index in [-0.39, 0.29) is 0 Å². The van der Waals surface area contributed by atoms with Crippen molar-refractivity contribution in [2.24, 2.45) is 0 Å². The highest BCUT2D eigenvalue weighted by Gasteiger charge is 2.14. The lowest BCUT2D eigenvalue weighted by molar-refractivity contribution is 0.574. The summed E-state index contributed by atoms with van der Waals surface area (Å²) in [5.74, 6) is 2.33. The van der Waals surface area contributed by atoms with E-state index in [2.05, 4.69) is 85.0 Å². The number of aromatic nitrogens is 3. The number of H-pyrrole nitrogens is 1. The third-order valence-corrected chi connectivity index (χ3v) is 5.18. The van der Waals surface area contributed by atoms with E-state index in [1.807, 2.05) is 6.92 Å². The van der Waals surface area contributed by atoms with Gasteiger partial charge in [0.1, 0.15) is 11.6 Å². The molecule has 0 radical (unpaired) electrons. The minimum absolute atomic E-state index is 0.428. The van der Waals surface area contributed by atoms with Gasteiger partial charge in [0.05, 0.1) is 0 Å². The number of aryl methyl sites for hydroxylation is 3. The Morgan fingerprint density at radius 1 is 1.07 bits per heavy atom. The second-order valence-electron chi connectivity index (χ2n) is 7.47. The van der Waals surface area contributed by atoms with Crippen molar-refractivity contribution in [2.75, 3.05) is 0 Å². The second kappa shape index (κ2) is 8.34. The fourth-order valence-corrected chi connectivity index (χ4v) is 3.54. The Morgan fingerprint density at radius 2 is 1.81 bits per heavy atom. The van der Waals surface area contributed by atoms with E-state index in [1.165, 1.54) is 27.8 Å². The zero-order chi connectivity index (χ0) is 19.4. The van der Waals surface area contributed by atoms with Crippen molar-refractivity contribution < 1.29 is 0 Å². The summed E-state index contributed by atoms with van der Waals surface area (Å²) in [6.45, 7) is 12.5. The van der Waals surface area contributed by atoms with Crippen LogP contribution in [0.2, 0.25) is 0 Å². The van der Waals surface area contributed by atoms with E-state index in [0.717, 1.165) is 36.5 Å². The summed E-state index contributed by atoms with van der Waals surface area (Å²) in [7, 11) is 0. The van der Waals surface area contributed by atoms with Gasteiger partial charge in [-0.1, -0.05) is 67.1 Å². The summed E-state index contributed by atoms with van der Waals surface area (Å²) < 4.78 is 0. The van der Waals surface area contributed by atoms with Gasteiger partial charge in [-0.15, -0.1) is 10.2 Å². The van der Waals surface area contributed by atoms with Crippen molar-refractivity contribution in [1.29, 1.82) is 0 Å². The monoisotopic (exact) mass is 359 g/mol. The predicted molar refractivity (Wildman–Crippen MR) is 114 cm³/mol. The van der Waals surface area contributed by atoms with Gasteiger partial charge in [-0.3, -0.25) is 0 Å². The number of nitrogens with zero attached hydrogens (tertiary/aromatic N) is 2. The number of benzene rings is 2. The Morgan fingerprint density at radius 3 is 2.41 bits per heavy atom. The topological polar surface area (TPSA) is 41.6 Å². The van der Waals surface area contributed by atoms with Gasteiger partial charge in [-0.2, -0.15) is 0 Å². The van der Waals surface area contributed by atoms with Crippen molar-refractivity contribution in [3.63, 3.8) is 0 Å². The van der Waals surface area contributed by atoms with Gasteiger partial charge in [0.15, 0.2) is 0 Å². The minimum Gasteiger partial charge on any atom is -0.329 e. The molecule has 3 heteroatoms. The van der Waals surface area contributed by atoms with Crippen LogP contribution in [-0.4, -0.2) is 15.2 Å². The van der Waals surface area contributed by atoms with Crippen LogP contribution in [0.25, 0.3) is 16.7 Å². The number of aromatic amines is 1. The number of rotatable bonds is 7. The summed E-state index contributed by atoms with van der Waals surface area (Å²) in [6, 6.07) is 15.5.